The van der Waals surface area contributed by atoms with E-state index in [9.17, 15) is 4.79 Å². The van der Waals surface area contributed by atoms with Crippen LogP contribution in [-0.4, -0.2) is 20.0 Å². The summed E-state index contributed by atoms with van der Waals surface area (Å²) in [5.74, 6) is 1.63. The van der Waals surface area contributed by atoms with Crippen molar-refractivity contribution in [1.82, 2.24) is 0 Å². The molecule has 0 saturated heterocycles. The Labute approximate surface area is 192 Å². The molecule has 0 spiro atoms. The third-order valence-electron chi connectivity index (χ3n) is 6.23. The van der Waals surface area contributed by atoms with Crippen LogP contribution in [0.2, 0.25) is 0 Å². The van der Waals surface area contributed by atoms with Gasteiger partial charge in [0, 0.05) is 27.4 Å². The van der Waals surface area contributed by atoms with Crippen molar-refractivity contribution in [2.75, 3.05) is 24.9 Å². The lowest BCUT2D eigenvalue weighted by Crippen LogP contribution is -2.26. The summed E-state index contributed by atoms with van der Waals surface area (Å²) in [5.41, 5.74) is 4.93. The summed E-state index contributed by atoms with van der Waals surface area (Å²) in [5, 5.41) is 7.23. The van der Waals surface area contributed by atoms with Crippen molar-refractivity contribution in [1.29, 1.82) is 0 Å². The summed E-state index contributed by atoms with van der Waals surface area (Å²) in [4.78, 5) is 16.0. The van der Waals surface area contributed by atoms with Crippen LogP contribution in [0.15, 0.2) is 65.9 Å². The van der Waals surface area contributed by atoms with Crippen molar-refractivity contribution in [3.63, 3.8) is 0 Å². The van der Waals surface area contributed by atoms with E-state index < -0.39 is 0 Å². The van der Waals surface area contributed by atoms with E-state index in [2.05, 4.69) is 41.8 Å². The lowest BCUT2D eigenvalue weighted by atomic mass is 9.79. The number of para-hydroxylation sites is 2. The fourth-order valence-electron chi connectivity index (χ4n) is 4.66. The molecule has 0 unspecified atom stereocenters. The maximum absolute atomic E-state index is 13.6. The quantitative estimate of drug-likeness (QED) is 0.511. The average molecular weight is 447 g/mol. The molecule has 1 aromatic heterocycles. The molecule has 6 heteroatoms. The monoisotopic (exact) mass is 446 g/mol. The van der Waals surface area contributed by atoms with Crippen LogP contribution in [0.4, 0.5) is 11.4 Å². The SMILES string of the molecule is COc1ccc([C@@H]2CC(=O)C3=C(C2)Nc2ccccc2N[C@@H]3c2ccc(C)s2)cc1OC. The number of allylic oxidation sites excluding steroid dienone is 1. The summed E-state index contributed by atoms with van der Waals surface area (Å²) in [6.07, 6.45) is 1.22. The zero-order chi connectivity index (χ0) is 22.2. The molecule has 2 aromatic carbocycles. The number of ether oxygens (including phenoxy) is 2. The van der Waals surface area contributed by atoms with Crippen molar-refractivity contribution in [2.45, 2.75) is 31.7 Å². The Balaban J connectivity index is 1.57. The van der Waals surface area contributed by atoms with Crippen molar-refractivity contribution >= 4 is 28.5 Å². The van der Waals surface area contributed by atoms with Crippen LogP contribution in [0, 0.1) is 6.92 Å². The second-order valence-electron chi connectivity index (χ2n) is 8.23. The molecule has 0 fully saturated rings. The number of fused-ring (bicyclic) bond motifs is 1. The van der Waals surface area contributed by atoms with Crippen LogP contribution in [0.3, 0.4) is 0 Å². The van der Waals surface area contributed by atoms with E-state index in [1.165, 1.54) is 4.88 Å². The van der Waals surface area contributed by atoms with Gasteiger partial charge in [0.15, 0.2) is 17.3 Å². The first kappa shape index (κ1) is 20.6. The molecule has 2 heterocycles. The number of carbonyl (C=O) groups excluding carboxylic acids is 1. The van der Waals surface area contributed by atoms with Crippen LogP contribution >= 0.6 is 11.3 Å². The molecule has 0 radical (unpaired) electrons. The van der Waals surface area contributed by atoms with Gasteiger partial charge in [0.05, 0.1) is 31.6 Å². The highest BCUT2D eigenvalue weighted by molar-refractivity contribution is 7.12. The van der Waals surface area contributed by atoms with E-state index in [-0.39, 0.29) is 17.7 Å². The van der Waals surface area contributed by atoms with Gasteiger partial charge in [-0.1, -0.05) is 18.2 Å². The molecule has 2 atom stereocenters. The van der Waals surface area contributed by atoms with E-state index >= 15 is 0 Å². The minimum atomic E-state index is -0.154. The standard InChI is InChI=1S/C26H26N2O3S/c1-15-8-11-24(32-15)26-25-20(27-18-6-4-5-7-19(18)28-26)12-17(13-21(25)29)16-9-10-22(30-2)23(14-16)31-3/h4-11,14,17,26-28H,12-13H2,1-3H3/t17-,26+/m0/s1. The predicted molar refractivity (Wildman–Crippen MR) is 129 cm³/mol. The Bertz CT molecular complexity index is 1210. The number of ketones is 1. The number of Topliss-reactive ketones (excluding diaryl/α,β-unsaturated/α-hetero) is 1. The zero-order valence-corrected chi connectivity index (χ0v) is 19.2. The summed E-state index contributed by atoms with van der Waals surface area (Å²) in [7, 11) is 3.27. The fourth-order valence-corrected chi connectivity index (χ4v) is 5.60. The van der Waals surface area contributed by atoms with E-state index in [4.69, 9.17) is 9.47 Å². The minimum Gasteiger partial charge on any atom is -0.493 e. The average Bonchev–Trinajstić information content (AvgIpc) is 3.16. The number of thiophene rings is 1. The number of hydrogen-bond acceptors (Lipinski definition) is 6. The van der Waals surface area contributed by atoms with Crippen molar-refractivity contribution in [2.24, 2.45) is 0 Å². The molecule has 5 rings (SSSR count). The third kappa shape index (κ3) is 3.65. The maximum Gasteiger partial charge on any atom is 0.163 e. The molecular formula is C26H26N2O3S. The number of carbonyl (C=O) groups is 1. The maximum atomic E-state index is 13.6. The summed E-state index contributed by atoms with van der Waals surface area (Å²) < 4.78 is 10.9. The lowest BCUT2D eigenvalue weighted by molar-refractivity contribution is -0.116. The number of anilines is 2. The Morgan fingerprint density at radius 3 is 2.44 bits per heavy atom. The largest absolute Gasteiger partial charge is 0.493 e. The number of methoxy groups -OCH3 is 2. The van der Waals surface area contributed by atoms with E-state index in [0.29, 0.717) is 17.9 Å². The van der Waals surface area contributed by atoms with Gasteiger partial charge in [-0.3, -0.25) is 4.79 Å². The van der Waals surface area contributed by atoms with Crippen LogP contribution in [-0.2, 0) is 4.79 Å². The molecule has 0 amide bonds. The Morgan fingerprint density at radius 1 is 0.938 bits per heavy atom. The van der Waals surface area contributed by atoms with Crippen molar-refractivity contribution in [3.8, 4) is 11.5 Å². The van der Waals surface area contributed by atoms with E-state index in [0.717, 1.165) is 39.5 Å². The molecule has 5 nitrogen and oxygen atoms in total. The number of benzene rings is 2. The number of rotatable bonds is 4. The number of hydrogen-bond donors (Lipinski definition) is 2. The molecule has 2 N–H and O–H groups in total. The Kier molecular flexibility index (Phi) is 5.39. The van der Waals surface area contributed by atoms with Gasteiger partial charge in [0.2, 0.25) is 0 Å². The first-order valence-electron chi connectivity index (χ1n) is 10.7. The van der Waals surface area contributed by atoms with Crippen LogP contribution < -0.4 is 20.1 Å². The molecule has 1 aliphatic carbocycles. The smallest absolute Gasteiger partial charge is 0.163 e. The number of nitrogens with one attached hydrogen (secondary N) is 2. The lowest BCUT2D eigenvalue weighted by Gasteiger charge is -2.29. The zero-order valence-electron chi connectivity index (χ0n) is 18.4. The highest BCUT2D eigenvalue weighted by atomic mass is 32.1. The highest BCUT2D eigenvalue weighted by Crippen LogP contribution is 2.46. The van der Waals surface area contributed by atoms with Crippen LogP contribution in [0.5, 0.6) is 11.5 Å². The summed E-state index contributed by atoms with van der Waals surface area (Å²) in [6, 6.07) is 18.2. The highest BCUT2D eigenvalue weighted by Gasteiger charge is 2.36. The van der Waals surface area contributed by atoms with Gasteiger partial charge < -0.3 is 20.1 Å². The molecule has 164 valence electrons. The van der Waals surface area contributed by atoms with E-state index in [1.54, 1.807) is 25.6 Å². The van der Waals surface area contributed by atoms with Gasteiger partial charge >= 0.3 is 0 Å². The first-order valence-corrected chi connectivity index (χ1v) is 11.6. The molecule has 0 bridgehead atoms. The molecule has 0 saturated carbocycles. The van der Waals surface area contributed by atoms with Gasteiger partial charge in [0.25, 0.3) is 0 Å². The van der Waals surface area contributed by atoms with Gasteiger partial charge in [-0.15, -0.1) is 11.3 Å². The summed E-state index contributed by atoms with van der Waals surface area (Å²) >= 11 is 1.74. The topological polar surface area (TPSA) is 59.6 Å². The summed E-state index contributed by atoms with van der Waals surface area (Å²) in [6.45, 7) is 2.10. The van der Waals surface area contributed by atoms with Crippen molar-refractivity contribution in [3.05, 3.63) is 81.2 Å². The van der Waals surface area contributed by atoms with Crippen molar-refractivity contribution < 1.29 is 14.3 Å². The molecule has 1 aliphatic heterocycles. The second kappa shape index (κ2) is 8.36. The Morgan fingerprint density at radius 2 is 1.72 bits per heavy atom. The van der Waals surface area contributed by atoms with Gasteiger partial charge in [-0.25, -0.2) is 0 Å². The molecular weight excluding hydrogens is 420 g/mol. The normalized spacial score (nSPS) is 19.9. The van der Waals surface area contributed by atoms with Crippen LogP contribution in [0.1, 0.15) is 40.1 Å². The molecule has 2 aliphatic rings. The predicted octanol–water partition coefficient (Wildman–Crippen LogP) is 6.05. The van der Waals surface area contributed by atoms with Gasteiger partial charge in [-0.05, 0) is 61.2 Å². The molecule has 32 heavy (non-hydrogen) atoms. The van der Waals surface area contributed by atoms with Crippen LogP contribution in [0.25, 0.3) is 0 Å². The number of aryl methyl sites for hydroxylation is 1. The minimum absolute atomic E-state index is 0.0736. The van der Waals surface area contributed by atoms with Gasteiger partial charge in [-0.2, -0.15) is 0 Å². The third-order valence-corrected chi connectivity index (χ3v) is 7.30. The second-order valence-corrected chi connectivity index (χ2v) is 9.55. The van der Waals surface area contributed by atoms with E-state index in [1.807, 2.05) is 30.3 Å². The molecule has 3 aromatic rings. The Hall–Kier alpha value is -3.25. The van der Waals surface area contributed by atoms with Gasteiger partial charge in [0.1, 0.15) is 0 Å². The first-order chi connectivity index (χ1) is 15.6. The fraction of sp³-hybridized carbons (Fsp3) is 0.269.